The molecule has 0 spiro atoms. The van der Waals surface area contributed by atoms with E-state index in [1.807, 2.05) is 41.0 Å². The summed E-state index contributed by atoms with van der Waals surface area (Å²) in [6, 6.07) is 18.1. The summed E-state index contributed by atoms with van der Waals surface area (Å²) in [4.78, 5) is 9.27. The average molecular weight is 427 g/mol. The molecule has 29 heavy (non-hydrogen) atoms. The molecule has 148 valence electrons. The van der Waals surface area contributed by atoms with Gasteiger partial charge in [0.15, 0.2) is 5.65 Å². The van der Waals surface area contributed by atoms with Crippen LogP contribution in [0.4, 0.5) is 0 Å². The van der Waals surface area contributed by atoms with E-state index in [4.69, 9.17) is 11.6 Å². The Hall–Kier alpha value is -2.74. The number of fused-ring (bicyclic) bond motifs is 1. The van der Waals surface area contributed by atoms with Crippen LogP contribution in [0.25, 0.3) is 11.2 Å². The van der Waals surface area contributed by atoms with E-state index in [1.54, 1.807) is 37.4 Å². The molecule has 4 rings (SSSR count). The van der Waals surface area contributed by atoms with Crippen LogP contribution in [0.5, 0.6) is 0 Å². The molecule has 2 aromatic carbocycles. The van der Waals surface area contributed by atoms with Gasteiger partial charge in [-0.3, -0.25) is 0 Å². The van der Waals surface area contributed by atoms with Crippen molar-refractivity contribution in [3.8, 4) is 0 Å². The first-order chi connectivity index (χ1) is 14.0. The van der Waals surface area contributed by atoms with Crippen molar-refractivity contribution < 1.29 is 8.42 Å². The molecule has 0 saturated heterocycles. The van der Waals surface area contributed by atoms with Crippen LogP contribution in [0.15, 0.2) is 71.8 Å². The summed E-state index contributed by atoms with van der Waals surface area (Å²) in [6.45, 7) is 2.25. The number of benzene rings is 2. The Morgan fingerprint density at radius 2 is 1.79 bits per heavy atom. The van der Waals surface area contributed by atoms with E-state index >= 15 is 0 Å². The minimum absolute atomic E-state index is 0.0392. The average Bonchev–Trinajstić information content (AvgIpc) is 3.06. The highest BCUT2D eigenvalue weighted by Crippen LogP contribution is 2.21. The molecule has 0 bridgehead atoms. The van der Waals surface area contributed by atoms with Crippen molar-refractivity contribution in [2.24, 2.45) is 0 Å². The second kappa shape index (κ2) is 7.94. The molecule has 8 heteroatoms. The lowest BCUT2D eigenvalue weighted by Gasteiger charge is -2.12. The van der Waals surface area contributed by atoms with Crippen LogP contribution in [0, 0.1) is 6.92 Å². The normalized spacial score (nSPS) is 11.8. The lowest BCUT2D eigenvalue weighted by Crippen LogP contribution is -2.26. The smallest absolute Gasteiger partial charge is 0.241 e. The maximum absolute atomic E-state index is 12.8. The molecule has 0 fully saturated rings. The lowest BCUT2D eigenvalue weighted by atomic mass is 10.2. The second-order valence-corrected chi connectivity index (χ2v) is 8.78. The number of sulfonamides is 1. The highest BCUT2D eigenvalue weighted by molar-refractivity contribution is 7.89. The first-order valence-electron chi connectivity index (χ1n) is 9.04. The standard InChI is InChI=1S/C21H19ClN4O2S/c1-15-7-2-5-11-19(15)29(27,28)24-13-20-25-18-10-6-12-23-21(18)26(20)14-16-8-3-4-9-17(16)22/h2-12,24H,13-14H2,1H3. The van der Waals surface area contributed by atoms with Gasteiger partial charge in [0.25, 0.3) is 0 Å². The van der Waals surface area contributed by atoms with Gasteiger partial charge in [0.1, 0.15) is 11.3 Å². The van der Waals surface area contributed by atoms with Gasteiger partial charge >= 0.3 is 0 Å². The lowest BCUT2D eigenvalue weighted by molar-refractivity contribution is 0.576. The Labute approximate surface area is 174 Å². The van der Waals surface area contributed by atoms with Gasteiger partial charge in [0, 0.05) is 11.2 Å². The van der Waals surface area contributed by atoms with Gasteiger partial charge in [-0.05, 0) is 42.3 Å². The topological polar surface area (TPSA) is 76.9 Å². The summed E-state index contributed by atoms with van der Waals surface area (Å²) in [5.74, 6) is 0.566. The van der Waals surface area contributed by atoms with Gasteiger partial charge in [0.2, 0.25) is 10.0 Å². The maximum atomic E-state index is 12.8. The number of nitrogens with one attached hydrogen (secondary N) is 1. The molecule has 0 atom stereocenters. The monoisotopic (exact) mass is 426 g/mol. The van der Waals surface area contributed by atoms with E-state index in [-0.39, 0.29) is 11.4 Å². The van der Waals surface area contributed by atoms with E-state index < -0.39 is 10.0 Å². The van der Waals surface area contributed by atoms with Crippen molar-refractivity contribution in [1.82, 2.24) is 19.3 Å². The van der Waals surface area contributed by atoms with Crippen LogP contribution in [0.2, 0.25) is 5.02 Å². The summed E-state index contributed by atoms with van der Waals surface area (Å²) in [5.41, 5.74) is 2.97. The number of nitrogens with zero attached hydrogens (tertiary/aromatic N) is 3. The van der Waals surface area contributed by atoms with E-state index in [0.29, 0.717) is 34.1 Å². The zero-order valence-corrected chi connectivity index (χ0v) is 17.3. The van der Waals surface area contributed by atoms with Gasteiger partial charge in [-0.25, -0.2) is 23.1 Å². The van der Waals surface area contributed by atoms with Gasteiger partial charge in [-0.2, -0.15) is 0 Å². The van der Waals surface area contributed by atoms with Gasteiger partial charge in [0.05, 0.1) is 18.0 Å². The molecular formula is C21H19ClN4O2S. The summed E-state index contributed by atoms with van der Waals surface area (Å²) in [5, 5.41) is 0.636. The molecule has 0 saturated carbocycles. The fraction of sp³-hybridized carbons (Fsp3) is 0.143. The summed E-state index contributed by atoms with van der Waals surface area (Å²) in [6.07, 6.45) is 1.69. The highest BCUT2D eigenvalue weighted by atomic mass is 35.5. The molecule has 0 amide bonds. The van der Waals surface area contributed by atoms with Crippen molar-refractivity contribution in [2.45, 2.75) is 24.9 Å². The number of hydrogen-bond acceptors (Lipinski definition) is 4. The van der Waals surface area contributed by atoms with Crippen molar-refractivity contribution in [1.29, 1.82) is 0 Å². The third kappa shape index (κ3) is 4.03. The van der Waals surface area contributed by atoms with Gasteiger partial charge in [-0.15, -0.1) is 0 Å². The van der Waals surface area contributed by atoms with E-state index in [1.165, 1.54) is 0 Å². The largest absolute Gasteiger partial charge is 0.307 e. The second-order valence-electron chi connectivity index (χ2n) is 6.64. The first-order valence-corrected chi connectivity index (χ1v) is 10.9. The molecule has 2 heterocycles. The van der Waals surface area contributed by atoms with Crippen molar-refractivity contribution in [2.75, 3.05) is 0 Å². The molecule has 0 aliphatic carbocycles. The molecule has 1 N–H and O–H groups in total. The van der Waals surface area contributed by atoms with Crippen LogP contribution in [0.3, 0.4) is 0 Å². The van der Waals surface area contributed by atoms with E-state index in [9.17, 15) is 8.42 Å². The minimum Gasteiger partial charge on any atom is -0.307 e. The van der Waals surface area contributed by atoms with Crippen LogP contribution in [-0.4, -0.2) is 23.0 Å². The number of pyridine rings is 1. The molecule has 0 aliphatic heterocycles. The van der Waals surface area contributed by atoms with E-state index in [0.717, 1.165) is 5.56 Å². The van der Waals surface area contributed by atoms with Crippen molar-refractivity contribution >= 4 is 32.8 Å². The molecule has 0 unspecified atom stereocenters. The van der Waals surface area contributed by atoms with E-state index in [2.05, 4.69) is 14.7 Å². The van der Waals surface area contributed by atoms with Crippen molar-refractivity contribution in [3.63, 3.8) is 0 Å². The van der Waals surface area contributed by atoms with Crippen LogP contribution >= 0.6 is 11.6 Å². The van der Waals surface area contributed by atoms with Crippen LogP contribution in [0.1, 0.15) is 17.0 Å². The Morgan fingerprint density at radius 3 is 2.59 bits per heavy atom. The third-order valence-corrected chi connectivity index (χ3v) is 6.60. The summed E-state index contributed by atoms with van der Waals surface area (Å²) >= 11 is 6.33. The predicted molar refractivity (Wildman–Crippen MR) is 113 cm³/mol. The molecule has 6 nitrogen and oxygen atoms in total. The fourth-order valence-electron chi connectivity index (χ4n) is 3.20. The zero-order chi connectivity index (χ0) is 20.4. The zero-order valence-electron chi connectivity index (χ0n) is 15.7. The predicted octanol–water partition coefficient (Wildman–Crippen LogP) is 3.92. The fourth-order valence-corrected chi connectivity index (χ4v) is 4.62. The molecule has 0 aliphatic rings. The first kappa shape index (κ1) is 19.6. The Morgan fingerprint density at radius 1 is 1.03 bits per heavy atom. The number of halogens is 1. The molecular weight excluding hydrogens is 408 g/mol. The SMILES string of the molecule is Cc1ccccc1S(=O)(=O)NCc1nc2cccnc2n1Cc1ccccc1Cl. The van der Waals surface area contributed by atoms with Crippen LogP contribution < -0.4 is 4.72 Å². The number of aromatic nitrogens is 3. The third-order valence-electron chi connectivity index (χ3n) is 4.67. The molecule has 2 aromatic heterocycles. The van der Waals surface area contributed by atoms with Gasteiger partial charge < -0.3 is 4.57 Å². The Bertz CT molecular complexity index is 1280. The summed E-state index contributed by atoms with van der Waals surface area (Å²) < 4.78 is 30.1. The minimum atomic E-state index is -3.67. The molecule has 4 aromatic rings. The number of rotatable bonds is 6. The van der Waals surface area contributed by atoms with Crippen LogP contribution in [-0.2, 0) is 23.1 Å². The molecule has 0 radical (unpaired) electrons. The van der Waals surface area contributed by atoms with Crippen molar-refractivity contribution in [3.05, 3.63) is 88.8 Å². The maximum Gasteiger partial charge on any atom is 0.241 e. The summed E-state index contributed by atoms with van der Waals surface area (Å²) in [7, 11) is -3.67. The van der Waals surface area contributed by atoms with Gasteiger partial charge in [-0.1, -0.05) is 48.0 Å². The number of hydrogen-bond donors (Lipinski definition) is 1. The highest BCUT2D eigenvalue weighted by Gasteiger charge is 2.19. The quantitative estimate of drug-likeness (QED) is 0.507. The number of aryl methyl sites for hydroxylation is 1. The Kier molecular flexibility index (Phi) is 5.36. The number of imidazole rings is 1. The Balaban J connectivity index is 1.69.